The van der Waals surface area contributed by atoms with Crippen LogP contribution >= 0.6 is 11.6 Å². The first kappa shape index (κ1) is 21.2. The van der Waals surface area contributed by atoms with E-state index >= 15 is 0 Å². The molecule has 2 atom stereocenters. The summed E-state index contributed by atoms with van der Waals surface area (Å²) in [6.45, 7) is 1.61. The summed E-state index contributed by atoms with van der Waals surface area (Å²) in [5, 5.41) is 24.7. The first-order valence-electron chi connectivity index (χ1n) is 9.96. The topological polar surface area (TPSA) is 78.3 Å². The quantitative estimate of drug-likeness (QED) is 0.445. The Hall–Kier alpha value is -2.65. The van der Waals surface area contributed by atoms with Crippen LogP contribution in [0.5, 0.6) is 5.75 Å². The molecule has 1 fully saturated rings. The summed E-state index contributed by atoms with van der Waals surface area (Å²) in [5.74, 6) is -0.623. The SMILES string of the molecule is Cc1ncc2c(NC3c4ccc(Cl)c(O)c4C4(CC4)CC3(O)C(F)(F)F)cc(F)cc2n1. The van der Waals surface area contributed by atoms with Crippen LogP contribution in [0, 0.1) is 12.7 Å². The number of hydrogen-bond donors (Lipinski definition) is 3. The van der Waals surface area contributed by atoms with Gasteiger partial charge in [0, 0.05) is 34.3 Å². The standard InChI is InChI=1S/C22H18ClF4N3O2/c1-10-28-8-13-15(29-10)6-11(24)7-16(13)30-19-12-2-3-14(23)18(31)17(12)20(4-5-20)9-21(19,32)22(25,26)27/h2-3,6-8,19,30-32H,4-5,9H2,1H3. The molecule has 2 aliphatic carbocycles. The highest BCUT2D eigenvalue weighted by Crippen LogP contribution is 2.65. The largest absolute Gasteiger partial charge is 0.506 e. The molecular formula is C22H18ClF4N3O2. The Morgan fingerprint density at radius 3 is 2.59 bits per heavy atom. The third-order valence-electron chi connectivity index (χ3n) is 6.52. The van der Waals surface area contributed by atoms with Crippen LogP contribution in [0.4, 0.5) is 23.2 Å². The number of aromatic nitrogens is 2. The van der Waals surface area contributed by atoms with Gasteiger partial charge < -0.3 is 15.5 Å². The summed E-state index contributed by atoms with van der Waals surface area (Å²) in [4.78, 5) is 8.21. The van der Waals surface area contributed by atoms with Crippen molar-refractivity contribution in [3.8, 4) is 5.75 Å². The van der Waals surface area contributed by atoms with Gasteiger partial charge in [0.2, 0.25) is 0 Å². The van der Waals surface area contributed by atoms with Gasteiger partial charge in [-0.1, -0.05) is 17.7 Å². The van der Waals surface area contributed by atoms with Gasteiger partial charge in [-0.15, -0.1) is 0 Å². The maximum Gasteiger partial charge on any atom is 0.419 e. The normalized spacial score (nSPS) is 23.9. The Morgan fingerprint density at radius 2 is 1.94 bits per heavy atom. The minimum atomic E-state index is -5.00. The Bertz CT molecular complexity index is 1260. The molecule has 0 aliphatic heterocycles. The minimum absolute atomic E-state index is 0.000174. The van der Waals surface area contributed by atoms with E-state index in [1.807, 2.05) is 0 Å². The zero-order chi connectivity index (χ0) is 23.1. The van der Waals surface area contributed by atoms with Crippen molar-refractivity contribution >= 4 is 28.2 Å². The van der Waals surface area contributed by atoms with Crippen molar-refractivity contribution < 1.29 is 27.8 Å². The van der Waals surface area contributed by atoms with Crippen molar-refractivity contribution in [2.24, 2.45) is 0 Å². The van der Waals surface area contributed by atoms with Gasteiger partial charge in [-0.3, -0.25) is 0 Å². The molecule has 10 heteroatoms. The van der Waals surface area contributed by atoms with Crippen LogP contribution in [0.1, 0.15) is 42.3 Å². The summed E-state index contributed by atoms with van der Waals surface area (Å²) < 4.78 is 57.2. The summed E-state index contributed by atoms with van der Waals surface area (Å²) in [7, 11) is 0. The highest BCUT2D eigenvalue weighted by molar-refractivity contribution is 6.32. The van der Waals surface area contributed by atoms with Gasteiger partial charge in [-0.05, 0) is 43.9 Å². The lowest BCUT2D eigenvalue weighted by molar-refractivity contribution is -0.274. The van der Waals surface area contributed by atoms with Crippen LogP contribution < -0.4 is 5.32 Å². The second-order valence-electron chi connectivity index (χ2n) is 8.62. The molecular weight excluding hydrogens is 450 g/mol. The van der Waals surface area contributed by atoms with E-state index in [4.69, 9.17) is 11.6 Å². The molecule has 0 saturated heterocycles. The lowest BCUT2D eigenvalue weighted by Crippen LogP contribution is -2.57. The number of phenols is 1. The highest BCUT2D eigenvalue weighted by atomic mass is 35.5. The molecule has 5 rings (SSSR count). The fraction of sp³-hybridized carbons (Fsp3) is 0.364. The number of fused-ring (bicyclic) bond motifs is 3. The number of anilines is 1. The van der Waals surface area contributed by atoms with E-state index < -0.39 is 35.5 Å². The fourth-order valence-electron chi connectivity index (χ4n) is 4.85. The van der Waals surface area contributed by atoms with Gasteiger partial charge in [-0.25, -0.2) is 14.4 Å². The van der Waals surface area contributed by atoms with E-state index in [-0.39, 0.29) is 27.5 Å². The molecule has 32 heavy (non-hydrogen) atoms. The highest BCUT2D eigenvalue weighted by Gasteiger charge is 2.68. The minimum Gasteiger partial charge on any atom is -0.506 e. The first-order valence-corrected chi connectivity index (χ1v) is 10.3. The molecule has 2 aliphatic rings. The third kappa shape index (κ3) is 3.02. The lowest BCUT2D eigenvalue weighted by Gasteiger charge is -2.46. The first-order chi connectivity index (χ1) is 14.9. The molecule has 3 N–H and O–H groups in total. The van der Waals surface area contributed by atoms with E-state index in [1.54, 1.807) is 6.92 Å². The third-order valence-corrected chi connectivity index (χ3v) is 6.82. The van der Waals surface area contributed by atoms with Gasteiger partial charge in [0.05, 0.1) is 16.6 Å². The van der Waals surface area contributed by atoms with Crippen molar-refractivity contribution in [3.63, 3.8) is 0 Å². The van der Waals surface area contributed by atoms with Gasteiger partial charge >= 0.3 is 6.18 Å². The van der Waals surface area contributed by atoms with Crippen molar-refractivity contribution in [1.29, 1.82) is 0 Å². The predicted molar refractivity (Wildman–Crippen MR) is 110 cm³/mol. The zero-order valence-electron chi connectivity index (χ0n) is 16.8. The monoisotopic (exact) mass is 467 g/mol. The number of aryl methyl sites for hydroxylation is 1. The molecule has 0 radical (unpaired) electrons. The Labute approximate surface area is 185 Å². The van der Waals surface area contributed by atoms with Crippen LogP contribution in [-0.4, -0.2) is 32.0 Å². The van der Waals surface area contributed by atoms with Crippen molar-refractivity contribution in [3.05, 3.63) is 58.3 Å². The Balaban J connectivity index is 1.73. The molecule has 3 aromatic rings. The van der Waals surface area contributed by atoms with Crippen LogP contribution in [0.3, 0.4) is 0 Å². The van der Waals surface area contributed by atoms with E-state index in [9.17, 15) is 27.8 Å². The number of benzene rings is 2. The van der Waals surface area contributed by atoms with Crippen LogP contribution in [-0.2, 0) is 5.41 Å². The Kier molecular flexibility index (Phi) is 4.43. The van der Waals surface area contributed by atoms with Gasteiger partial charge in [-0.2, -0.15) is 13.2 Å². The number of aliphatic hydroxyl groups is 1. The van der Waals surface area contributed by atoms with Crippen LogP contribution in [0.2, 0.25) is 5.02 Å². The molecule has 168 valence electrons. The number of hydrogen-bond acceptors (Lipinski definition) is 5. The van der Waals surface area contributed by atoms with E-state index in [0.29, 0.717) is 29.6 Å². The van der Waals surface area contributed by atoms with E-state index in [1.165, 1.54) is 18.3 Å². The molecule has 1 saturated carbocycles. The summed E-state index contributed by atoms with van der Waals surface area (Å²) in [6, 6.07) is 3.13. The van der Waals surface area contributed by atoms with Gasteiger partial charge in [0.25, 0.3) is 0 Å². The summed E-state index contributed by atoms with van der Waals surface area (Å²) in [5.41, 5.74) is -3.60. The summed E-state index contributed by atoms with van der Waals surface area (Å²) >= 11 is 6.06. The average molecular weight is 468 g/mol. The van der Waals surface area contributed by atoms with Crippen molar-refractivity contribution in [2.45, 2.75) is 49.4 Å². The summed E-state index contributed by atoms with van der Waals surface area (Å²) in [6.07, 6.45) is -3.49. The zero-order valence-corrected chi connectivity index (χ0v) is 17.5. The molecule has 1 spiro atoms. The maximum absolute atomic E-state index is 14.3. The number of rotatable bonds is 2. The number of halogens is 5. The molecule has 0 amide bonds. The van der Waals surface area contributed by atoms with Crippen LogP contribution in [0.25, 0.3) is 10.9 Å². The predicted octanol–water partition coefficient (Wildman–Crippen LogP) is 5.32. The molecule has 5 nitrogen and oxygen atoms in total. The van der Waals surface area contributed by atoms with Crippen molar-refractivity contribution in [1.82, 2.24) is 9.97 Å². The molecule has 1 aromatic heterocycles. The number of aromatic hydroxyl groups is 1. The maximum atomic E-state index is 14.3. The van der Waals surface area contributed by atoms with Crippen LogP contribution in [0.15, 0.2) is 30.5 Å². The number of nitrogens with zero attached hydrogens (tertiary/aromatic N) is 2. The van der Waals surface area contributed by atoms with Gasteiger partial charge in [0.15, 0.2) is 5.60 Å². The van der Waals surface area contributed by atoms with Gasteiger partial charge in [0.1, 0.15) is 17.4 Å². The van der Waals surface area contributed by atoms with E-state index in [0.717, 1.165) is 12.1 Å². The number of alkyl halides is 3. The van der Waals surface area contributed by atoms with Crippen molar-refractivity contribution in [2.75, 3.05) is 5.32 Å². The molecule has 2 unspecified atom stereocenters. The number of phenolic OH excluding ortho intramolecular Hbond substituents is 1. The average Bonchev–Trinajstić information content (AvgIpc) is 3.45. The number of nitrogens with one attached hydrogen (secondary N) is 1. The molecule has 2 aromatic carbocycles. The smallest absolute Gasteiger partial charge is 0.419 e. The lowest BCUT2D eigenvalue weighted by atomic mass is 9.68. The Morgan fingerprint density at radius 1 is 1.22 bits per heavy atom. The second kappa shape index (κ2) is 6.68. The second-order valence-corrected chi connectivity index (χ2v) is 9.03. The molecule has 0 bridgehead atoms. The molecule has 1 heterocycles. The fourth-order valence-corrected chi connectivity index (χ4v) is 5.01. The van der Waals surface area contributed by atoms with E-state index in [2.05, 4.69) is 15.3 Å².